The predicted octanol–water partition coefficient (Wildman–Crippen LogP) is 4.18. The molecule has 5 nitrogen and oxygen atoms in total. The van der Waals surface area contributed by atoms with Gasteiger partial charge in [0.2, 0.25) is 0 Å². The molecule has 0 spiro atoms. The van der Waals surface area contributed by atoms with E-state index in [0.29, 0.717) is 12.4 Å². The molecule has 1 aliphatic heterocycles. The largest absolute Gasteiger partial charge is 0.493 e. The van der Waals surface area contributed by atoms with Gasteiger partial charge in [0.1, 0.15) is 0 Å². The Morgan fingerprint density at radius 2 is 1.93 bits per heavy atom. The van der Waals surface area contributed by atoms with Gasteiger partial charge in [0, 0.05) is 29.9 Å². The molecule has 1 aliphatic rings. The minimum atomic E-state index is 0.0194. The topological polar surface area (TPSA) is 66.5 Å². The van der Waals surface area contributed by atoms with E-state index in [1.807, 2.05) is 12.3 Å². The third kappa shape index (κ3) is 4.25. The van der Waals surface area contributed by atoms with Crippen LogP contribution in [0.3, 0.4) is 0 Å². The van der Waals surface area contributed by atoms with Gasteiger partial charge in [-0.15, -0.1) is 0 Å². The Labute approximate surface area is 167 Å². The van der Waals surface area contributed by atoms with E-state index in [1.54, 1.807) is 19.2 Å². The minimum Gasteiger partial charge on any atom is -0.493 e. The normalized spacial score (nSPS) is 15.7. The molecule has 152 valence electrons. The van der Waals surface area contributed by atoms with Crippen LogP contribution >= 0.6 is 0 Å². The number of pyridine rings is 1. The van der Waals surface area contributed by atoms with Crippen LogP contribution in [0, 0.1) is 5.41 Å². The van der Waals surface area contributed by atoms with Crippen LogP contribution in [-0.2, 0) is 6.42 Å². The molecule has 1 aromatic carbocycles. The molecule has 1 atom stereocenters. The maximum absolute atomic E-state index is 12.1. The van der Waals surface area contributed by atoms with Crippen molar-refractivity contribution in [2.24, 2.45) is 11.1 Å². The molecule has 5 heteroatoms. The van der Waals surface area contributed by atoms with E-state index in [2.05, 4.69) is 31.4 Å². The molecule has 0 saturated heterocycles. The lowest BCUT2D eigenvalue weighted by molar-refractivity contribution is 0.236. The molecular formula is C23H32N2O3. The van der Waals surface area contributed by atoms with E-state index < -0.39 is 0 Å². The number of rotatable bonds is 7. The lowest BCUT2D eigenvalue weighted by Crippen LogP contribution is -2.31. The highest BCUT2D eigenvalue weighted by Crippen LogP contribution is 2.45. The highest BCUT2D eigenvalue weighted by atomic mass is 16.5. The maximum Gasteiger partial charge on any atom is 0.182 e. The average Bonchev–Trinajstić information content (AvgIpc) is 2.65. The first kappa shape index (κ1) is 20.5. The SMILES string of the molecule is COc1cc2c(cc1OCCCCCN)CC(C(C)(C)C)n1ccc(=O)cc1-2. The van der Waals surface area contributed by atoms with Crippen LogP contribution in [0.5, 0.6) is 11.5 Å². The Hall–Kier alpha value is -2.27. The molecule has 2 heterocycles. The van der Waals surface area contributed by atoms with Crippen molar-refractivity contribution in [3.05, 3.63) is 46.2 Å². The van der Waals surface area contributed by atoms with Crippen molar-refractivity contribution in [2.75, 3.05) is 20.3 Å². The maximum atomic E-state index is 12.1. The molecule has 0 amide bonds. The molecule has 1 unspecified atom stereocenters. The first-order valence-electron chi connectivity index (χ1n) is 10.1. The van der Waals surface area contributed by atoms with Crippen LogP contribution in [0.4, 0.5) is 0 Å². The monoisotopic (exact) mass is 384 g/mol. The predicted molar refractivity (Wildman–Crippen MR) is 113 cm³/mol. The number of ether oxygens (including phenoxy) is 2. The summed E-state index contributed by atoms with van der Waals surface area (Å²) in [7, 11) is 1.65. The summed E-state index contributed by atoms with van der Waals surface area (Å²) in [5.41, 5.74) is 8.83. The summed E-state index contributed by atoms with van der Waals surface area (Å²) in [6, 6.07) is 7.74. The van der Waals surface area contributed by atoms with Crippen LogP contribution in [-0.4, -0.2) is 24.8 Å². The summed E-state index contributed by atoms with van der Waals surface area (Å²) in [5.74, 6) is 1.48. The number of unbranched alkanes of at least 4 members (excludes halogenated alkanes) is 2. The van der Waals surface area contributed by atoms with Gasteiger partial charge in [-0.3, -0.25) is 4.79 Å². The summed E-state index contributed by atoms with van der Waals surface area (Å²) < 4.78 is 13.9. The first-order chi connectivity index (χ1) is 13.3. The van der Waals surface area contributed by atoms with Crippen molar-refractivity contribution in [1.29, 1.82) is 0 Å². The van der Waals surface area contributed by atoms with Gasteiger partial charge in [0.25, 0.3) is 0 Å². The third-order valence-electron chi connectivity index (χ3n) is 5.48. The molecule has 0 bridgehead atoms. The van der Waals surface area contributed by atoms with Crippen molar-refractivity contribution in [3.63, 3.8) is 0 Å². The number of aromatic nitrogens is 1. The van der Waals surface area contributed by atoms with Gasteiger partial charge in [-0.25, -0.2) is 0 Å². The fraction of sp³-hybridized carbons (Fsp3) is 0.522. The average molecular weight is 385 g/mol. The molecular weight excluding hydrogens is 352 g/mol. The van der Waals surface area contributed by atoms with Gasteiger partial charge in [-0.05, 0) is 55.3 Å². The number of hydrogen-bond donors (Lipinski definition) is 1. The molecule has 0 aliphatic carbocycles. The van der Waals surface area contributed by atoms with Crippen molar-refractivity contribution < 1.29 is 9.47 Å². The quantitative estimate of drug-likeness (QED) is 0.728. The summed E-state index contributed by atoms with van der Waals surface area (Å²) in [6.45, 7) is 8.08. The molecule has 0 saturated carbocycles. The number of fused-ring (bicyclic) bond motifs is 3. The highest BCUT2D eigenvalue weighted by molar-refractivity contribution is 5.70. The van der Waals surface area contributed by atoms with E-state index in [9.17, 15) is 4.79 Å². The minimum absolute atomic E-state index is 0.0194. The first-order valence-corrected chi connectivity index (χ1v) is 10.1. The zero-order valence-electron chi connectivity index (χ0n) is 17.5. The van der Waals surface area contributed by atoms with E-state index >= 15 is 0 Å². The van der Waals surface area contributed by atoms with Crippen molar-refractivity contribution in [3.8, 4) is 22.8 Å². The zero-order chi connectivity index (χ0) is 20.3. The van der Waals surface area contributed by atoms with Crippen LogP contribution < -0.4 is 20.6 Å². The number of benzene rings is 1. The second-order valence-electron chi connectivity index (χ2n) is 8.60. The van der Waals surface area contributed by atoms with Crippen LogP contribution in [0.1, 0.15) is 51.6 Å². The summed E-state index contributed by atoms with van der Waals surface area (Å²) >= 11 is 0. The number of methoxy groups -OCH3 is 1. The number of nitrogens with zero attached hydrogens (tertiary/aromatic N) is 1. The van der Waals surface area contributed by atoms with E-state index in [0.717, 1.165) is 49.2 Å². The molecule has 1 aromatic heterocycles. The molecule has 2 N–H and O–H groups in total. The molecule has 3 rings (SSSR count). The molecule has 28 heavy (non-hydrogen) atoms. The smallest absolute Gasteiger partial charge is 0.182 e. The number of hydrogen-bond acceptors (Lipinski definition) is 4. The van der Waals surface area contributed by atoms with Crippen molar-refractivity contribution in [1.82, 2.24) is 4.57 Å². The Morgan fingerprint density at radius 3 is 2.61 bits per heavy atom. The molecule has 2 aromatic rings. The summed E-state index contributed by atoms with van der Waals surface area (Å²) in [5, 5.41) is 0. The standard InChI is InChI=1S/C23H32N2O3/c1-23(2,3)22-13-16-12-21(28-11-7-5-6-9-24)20(27-4)15-18(16)19-14-17(26)8-10-25(19)22/h8,10,12,14-15,22H,5-7,9,11,13,24H2,1-4H3. The fourth-order valence-electron chi connectivity index (χ4n) is 3.90. The molecule has 0 fully saturated rings. The van der Waals surface area contributed by atoms with Gasteiger partial charge < -0.3 is 19.8 Å². The lowest BCUT2D eigenvalue weighted by Gasteiger charge is -2.39. The van der Waals surface area contributed by atoms with Gasteiger partial charge in [-0.1, -0.05) is 20.8 Å². The van der Waals surface area contributed by atoms with Crippen LogP contribution in [0.2, 0.25) is 0 Å². The second-order valence-corrected chi connectivity index (χ2v) is 8.60. The lowest BCUT2D eigenvalue weighted by atomic mass is 9.79. The van der Waals surface area contributed by atoms with E-state index in [1.165, 1.54) is 5.56 Å². The second kappa shape index (κ2) is 8.39. The van der Waals surface area contributed by atoms with Crippen LogP contribution in [0.25, 0.3) is 11.3 Å². The Morgan fingerprint density at radius 1 is 1.14 bits per heavy atom. The van der Waals surface area contributed by atoms with E-state index in [-0.39, 0.29) is 16.9 Å². The van der Waals surface area contributed by atoms with Gasteiger partial charge in [0.15, 0.2) is 16.9 Å². The van der Waals surface area contributed by atoms with Crippen molar-refractivity contribution >= 4 is 0 Å². The zero-order valence-corrected chi connectivity index (χ0v) is 17.5. The van der Waals surface area contributed by atoms with E-state index in [4.69, 9.17) is 15.2 Å². The Kier molecular flexibility index (Phi) is 6.14. The van der Waals surface area contributed by atoms with Gasteiger partial charge >= 0.3 is 0 Å². The van der Waals surface area contributed by atoms with Gasteiger partial charge in [-0.2, -0.15) is 0 Å². The third-order valence-corrected chi connectivity index (χ3v) is 5.48. The van der Waals surface area contributed by atoms with Crippen molar-refractivity contribution in [2.45, 2.75) is 52.5 Å². The number of nitrogens with two attached hydrogens (primary N) is 1. The molecule has 0 radical (unpaired) electrons. The fourth-order valence-corrected chi connectivity index (χ4v) is 3.90. The summed E-state index contributed by atoms with van der Waals surface area (Å²) in [6.07, 6.45) is 5.86. The summed E-state index contributed by atoms with van der Waals surface area (Å²) in [4.78, 5) is 12.1. The Bertz CT molecular complexity index is 880. The Balaban J connectivity index is 1.99. The highest BCUT2D eigenvalue weighted by Gasteiger charge is 2.33. The van der Waals surface area contributed by atoms with Crippen LogP contribution in [0.15, 0.2) is 35.3 Å². The van der Waals surface area contributed by atoms with Gasteiger partial charge in [0.05, 0.1) is 19.4 Å².